The first-order chi connectivity index (χ1) is 3.83. The number of rotatable bonds is 1. The van der Waals surface area contributed by atoms with Crippen LogP contribution in [0, 0.1) is 6.92 Å². The van der Waals surface area contributed by atoms with Crippen LogP contribution < -0.4 is 0 Å². The van der Waals surface area contributed by atoms with Gasteiger partial charge in [0.15, 0.2) is 0 Å². The van der Waals surface area contributed by atoms with E-state index in [9.17, 15) is 4.39 Å². The van der Waals surface area contributed by atoms with E-state index in [0.717, 1.165) is 0 Å². The summed E-state index contributed by atoms with van der Waals surface area (Å²) < 4.78 is 16.2. The van der Waals surface area contributed by atoms with Crippen molar-refractivity contribution >= 4 is 0 Å². The molecule has 0 atom stereocenters. The molecule has 0 aliphatic carbocycles. The number of hydrogen-bond acceptors (Lipinski definition) is 2. The van der Waals surface area contributed by atoms with Gasteiger partial charge in [-0.2, -0.15) is 0 Å². The van der Waals surface area contributed by atoms with Crippen LogP contribution in [0.5, 0.6) is 0 Å². The molecule has 8 heavy (non-hydrogen) atoms. The number of alkyl halides is 1. The Balaban J connectivity index is 2.84. The molecule has 1 aromatic heterocycles. The van der Waals surface area contributed by atoms with E-state index < -0.39 is 6.67 Å². The van der Waals surface area contributed by atoms with Crippen LogP contribution in [0.2, 0.25) is 0 Å². The molecular formula is C5H6FNO. The summed E-state index contributed by atoms with van der Waals surface area (Å²) in [6.45, 7) is 1.18. The van der Waals surface area contributed by atoms with E-state index in [2.05, 4.69) is 9.68 Å². The smallest absolute Gasteiger partial charge is 0.135 e. The minimum absolute atomic E-state index is 0.363. The zero-order valence-corrected chi connectivity index (χ0v) is 4.52. The van der Waals surface area contributed by atoms with Crippen molar-refractivity contribution < 1.29 is 8.91 Å². The maximum absolute atomic E-state index is 11.6. The maximum atomic E-state index is 11.6. The summed E-state index contributed by atoms with van der Waals surface area (Å²) in [5.74, 6) is 0.651. The molecule has 44 valence electrons. The first-order valence-electron chi connectivity index (χ1n) is 2.31. The van der Waals surface area contributed by atoms with E-state index in [1.807, 2.05) is 0 Å². The molecule has 1 heterocycles. The van der Waals surface area contributed by atoms with Crippen LogP contribution >= 0.6 is 0 Å². The molecule has 0 N–H and O–H groups in total. The number of aryl methyl sites for hydroxylation is 1. The Morgan fingerprint density at radius 1 is 1.88 bits per heavy atom. The summed E-state index contributed by atoms with van der Waals surface area (Å²) in [6, 6.07) is 1.57. The molecule has 0 saturated carbocycles. The molecule has 0 amide bonds. The molecule has 0 spiro atoms. The second-order valence-electron chi connectivity index (χ2n) is 1.56. The predicted octanol–water partition coefficient (Wildman–Crippen LogP) is 1.45. The molecule has 0 fully saturated rings. The lowest BCUT2D eigenvalue weighted by atomic mass is 10.4. The van der Waals surface area contributed by atoms with Gasteiger partial charge in [0.1, 0.15) is 18.1 Å². The van der Waals surface area contributed by atoms with E-state index in [-0.39, 0.29) is 0 Å². The van der Waals surface area contributed by atoms with Crippen molar-refractivity contribution in [2.24, 2.45) is 0 Å². The Morgan fingerprint density at radius 2 is 2.62 bits per heavy atom. The van der Waals surface area contributed by atoms with Gasteiger partial charge in [-0.25, -0.2) is 4.39 Å². The summed E-state index contributed by atoms with van der Waals surface area (Å²) in [7, 11) is 0. The van der Waals surface area contributed by atoms with Gasteiger partial charge in [0.25, 0.3) is 0 Å². The van der Waals surface area contributed by atoms with E-state index >= 15 is 0 Å². The Morgan fingerprint density at radius 3 is 2.88 bits per heavy atom. The van der Waals surface area contributed by atoms with Crippen molar-refractivity contribution in [3.05, 3.63) is 17.5 Å². The van der Waals surface area contributed by atoms with Crippen LogP contribution in [0.3, 0.4) is 0 Å². The van der Waals surface area contributed by atoms with Crippen molar-refractivity contribution in [3.63, 3.8) is 0 Å². The molecule has 1 rings (SSSR count). The van der Waals surface area contributed by atoms with Crippen molar-refractivity contribution in [1.82, 2.24) is 5.16 Å². The molecule has 0 unspecified atom stereocenters. The van der Waals surface area contributed by atoms with Gasteiger partial charge in [0.05, 0.1) is 0 Å². The highest BCUT2D eigenvalue weighted by Crippen LogP contribution is 2.01. The van der Waals surface area contributed by atoms with Gasteiger partial charge in [-0.05, 0) is 6.92 Å². The highest BCUT2D eigenvalue weighted by molar-refractivity contribution is 5.01. The van der Waals surface area contributed by atoms with Crippen LogP contribution in [0.4, 0.5) is 4.39 Å². The number of nitrogens with zero attached hydrogens (tertiary/aromatic N) is 1. The second kappa shape index (κ2) is 1.94. The van der Waals surface area contributed by atoms with E-state index in [1.165, 1.54) is 0 Å². The molecule has 2 nitrogen and oxygen atoms in total. The number of hydrogen-bond donors (Lipinski definition) is 0. The lowest BCUT2D eigenvalue weighted by molar-refractivity contribution is 0.373. The second-order valence-corrected chi connectivity index (χ2v) is 1.56. The van der Waals surface area contributed by atoms with Gasteiger partial charge in [0, 0.05) is 6.07 Å². The molecule has 0 aliphatic heterocycles. The molecule has 0 bridgehead atoms. The van der Waals surface area contributed by atoms with Gasteiger partial charge in [0.2, 0.25) is 0 Å². The SMILES string of the molecule is Cc1cc(CF)no1. The zero-order chi connectivity index (χ0) is 5.98. The summed E-state index contributed by atoms with van der Waals surface area (Å²) in [6.07, 6.45) is 0. The number of aromatic nitrogens is 1. The molecule has 3 heteroatoms. The Hall–Kier alpha value is -0.860. The fourth-order valence-electron chi connectivity index (χ4n) is 0.481. The first kappa shape index (κ1) is 5.28. The van der Waals surface area contributed by atoms with Gasteiger partial charge < -0.3 is 4.52 Å². The number of halogens is 1. The first-order valence-corrected chi connectivity index (χ1v) is 2.31. The molecular weight excluding hydrogens is 109 g/mol. The fraction of sp³-hybridized carbons (Fsp3) is 0.400. The van der Waals surface area contributed by atoms with E-state index in [4.69, 9.17) is 0 Å². The van der Waals surface area contributed by atoms with Gasteiger partial charge in [-0.15, -0.1) is 0 Å². The molecule has 0 saturated heterocycles. The summed E-state index contributed by atoms with van der Waals surface area (Å²) in [4.78, 5) is 0. The Labute approximate surface area is 46.3 Å². The average molecular weight is 115 g/mol. The van der Waals surface area contributed by atoms with Crippen LogP contribution in [0.25, 0.3) is 0 Å². The van der Waals surface area contributed by atoms with Crippen LogP contribution in [0.1, 0.15) is 11.5 Å². The Kier molecular flexibility index (Phi) is 1.28. The topological polar surface area (TPSA) is 26.0 Å². The lowest BCUT2D eigenvalue weighted by Gasteiger charge is -1.72. The van der Waals surface area contributed by atoms with Crippen molar-refractivity contribution in [2.45, 2.75) is 13.6 Å². The van der Waals surface area contributed by atoms with E-state index in [0.29, 0.717) is 11.5 Å². The van der Waals surface area contributed by atoms with E-state index in [1.54, 1.807) is 13.0 Å². The van der Waals surface area contributed by atoms with Crippen molar-refractivity contribution in [2.75, 3.05) is 0 Å². The minimum Gasteiger partial charge on any atom is -0.361 e. The largest absolute Gasteiger partial charge is 0.361 e. The third-order valence-electron chi connectivity index (χ3n) is 0.814. The monoisotopic (exact) mass is 115 g/mol. The van der Waals surface area contributed by atoms with Crippen molar-refractivity contribution in [1.29, 1.82) is 0 Å². The summed E-state index contributed by atoms with van der Waals surface area (Å²) >= 11 is 0. The lowest BCUT2D eigenvalue weighted by Crippen LogP contribution is -1.71. The Bertz CT molecular complexity index is 173. The standard InChI is InChI=1S/C5H6FNO/c1-4-2-5(3-6)7-8-4/h2H,3H2,1H3. The van der Waals surface area contributed by atoms with Gasteiger partial charge in [-0.1, -0.05) is 5.16 Å². The summed E-state index contributed by atoms with van der Waals surface area (Å²) in [5, 5.41) is 3.38. The molecule has 0 radical (unpaired) electrons. The highest BCUT2D eigenvalue weighted by atomic mass is 19.1. The zero-order valence-electron chi connectivity index (χ0n) is 4.52. The molecule has 0 aromatic carbocycles. The van der Waals surface area contributed by atoms with Crippen LogP contribution in [0.15, 0.2) is 10.6 Å². The third kappa shape index (κ3) is 0.857. The normalized spacial score (nSPS) is 9.75. The predicted molar refractivity (Wildman–Crippen MR) is 26.1 cm³/mol. The van der Waals surface area contributed by atoms with Crippen molar-refractivity contribution in [3.8, 4) is 0 Å². The van der Waals surface area contributed by atoms with Gasteiger partial charge >= 0.3 is 0 Å². The third-order valence-corrected chi connectivity index (χ3v) is 0.814. The van der Waals surface area contributed by atoms with Gasteiger partial charge in [-0.3, -0.25) is 0 Å². The van der Waals surface area contributed by atoms with Crippen LogP contribution in [-0.4, -0.2) is 5.16 Å². The molecule has 0 aliphatic rings. The fourth-order valence-corrected chi connectivity index (χ4v) is 0.481. The quantitative estimate of drug-likeness (QED) is 0.553. The average Bonchev–Trinajstić information content (AvgIpc) is 2.14. The highest BCUT2D eigenvalue weighted by Gasteiger charge is 1.95. The molecule has 1 aromatic rings. The maximum Gasteiger partial charge on any atom is 0.135 e. The summed E-state index contributed by atoms with van der Waals surface area (Å²) in [5.41, 5.74) is 0.363. The minimum atomic E-state index is -0.544. The van der Waals surface area contributed by atoms with Crippen LogP contribution in [-0.2, 0) is 6.67 Å².